The van der Waals surface area contributed by atoms with Gasteiger partial charge in [-0.1, -0.05) is 12.1 Å². The second-order valence-electron chi connectivity index (χ2n) is 4.71. The lowest BCUT2D eigenvalue weighted by atomic mass is 10.0. The van der Waals surface area contributed by atoms with E-state index in [-0.39, 0.29) is 11.9 Å². The van der Waals surface area contributed by atoms with E-state index in [0.29, 0.717) is 11.4 Å². The van der Waals surface area contributed by atoms with Gasteiger partial charge >= 0.3 is 6.03 Å². The normalized spacial score (nSPS) is 18.4. The zero-order valence-corrected chi connectivity index (χ0v) is 10.9. The molecule has 3 amide bonds. The van der Waals surface area contributed by atoms with Crippen LogP contribution in [-0.2, 0) is 4.79 Å². The molecule has 96 valence electrons. The number of amides is 3. The number of rotatable bonds is 2. The zero-order chi connectivity index (χ0) is 13.5. The molecule has 1 aromatic carbocycles. The average Bonchev–Trinajstić information content (AvgIpc) is 2.51. The van der Waals surface area contributed by atoms with Gasteiger partial charge in [-0.25, -0.2) is 9.69 Å². The Morgan fingerprint density at radius 3 is 2.28 bits per heavy atom. The summed E-state index contributed by atoms with van der Waals surface area (Å²) >= 11 is 0. The fourth-order valence-electron chi connectivity index (χ4n) is 1.92. The minimum atomic E-state index is -0.835. The van der Waals surface area contributed by atoms with Gasteiger partial charge in [-0.3, -0.25) is 4.79 Å². The van der Waals surface area contributed by atoms with Crippen molar-refractivity contribution in [3.8, 4) is 5.75 Å². The van der Waals surface area contributed by atoms with E-state index in [4.69, 9.17) is 4.74 Å². The molecular weight excluding hydrogens is 232 g/mol. The SMILES string of the molecule is COc1ccccc1N1C(=O)N(C)C(C)(C)C1=O. The number of ether oxygens (including phenoxy) is 1. The van der Waals surface area contributed by atoms with Crippen LogP contribution in [0.25, 0.3) is 0 Å². The van der Waals surface area contributed by atoms with Crippen LogP contribution in [0, 0.1) is 0 Å². The minimum Gasteiger partial charge on any atom is -0.495 e. The number of carbonyl (C=O) groups excluding carboxylic acids is 2. The highest BCUT2D eigenvalue weighted by molar-refractivity contribution is 6.23. The van der Waals surface area contributed by atoms with Crippen molar-refractivity contribution >= 4 is 17.6 Å². The van der Waals surface area contributed by atoms with Crippen molar-refractivity contribution in [2.75, 3.05) is 19.1 Å². The molecule has 5 nitrogen and oxygen atoms in total. The Kier molecular flexibility index (Phi) is 2.77. The second kappa shape index (κ2) is 4.01. The van der Waals surface area contributed by atoms with Gasteiger partial charge in [0, 0.05) is 7.05 Å². The standard InChI is InChI=1S/C13H16N2O3/c1-13(2)11(16)15(12(17)14(13)3)9-7-5-6-8-10(9)18-4/h5-8H,1-4H3. The van der Waals surface area contributed by atoms with Gasteiger partial charge in [0.25, 0.3) is 5.91 Å². The summed E-state index contributed by atoms with van der Waals surface area (Å²) < 4.78 is 5.19. The molecule has 0 bridgehead atoms. The van der Waals surface area contributed by atoms with Gasteiger partial charge in [0.1, 0.15) is 11.3 Å². The maximum Gasteiger partial charge on any atom is 0.332 e. The largest absolute Gasteiger partial charge is 0.495 e. The predicted molar refractivity (Wildman–Crippen MR) is 67.7 cm³/mol. The first kappa shape index (κ1) is 12.4. The first-order valence-corrected chi connectivity index (χ1v) is 5.66. The number of nitrogens with zero attached hydrogens (tertiary/aromatic N) is 2. The molecule has 1 aliphatic heterocycles. The van der Waals surface area contributed by atoms with Crippen LogP contribution < -0.4 is 9.64 Å². The van der Waals surface area contributed by atoms with Gasteiger partial charge < -0.3 is 9.64 Å². The summed E-state index contributed by atoms with van der Waals surface area (Å²) in [7, 11) is 3.13. The van der Waals surface area contributed by atoms with Gasteiger partial charge in [-0.05, 0) is 26.0 Å². The monoisotopic (exact) mass is 248 g/mol. The molecule has 2 rings (SSSR count). The van der Waals surface area contributed by atoms with Crippen LogP contribution >= 0.6 is 0 Å². The third kappa shape index (κ3) is 1.54. The molecule has 0 unspecified atom stereocenters. The van der Waals surface area contributed by atoms with Gasteiger partial charge in [-0.2, -0.15) is 0 Å². The van der Waals surface area contributed by atoms with E-state index in [1.54, 1.807) is 45.2 Å². The van der Waals surface area contributed by atoms with Crippen LogP contribution in [0.5, 0.6) is 5.75 Å². The number of urea groups is 1. The zero-order valence-electron chi connectivity index (χ0n) is 10.9. The molecule has 0 spiro atoms. The summed E-state index contributed by atoms with van der Waals surface area (Å²) in [6.07, 6.45) is 0. The highest BCUT2D eigenvalue weighted by Gasteiger charge is 2.50. The van der Waals surface area contributed by atoms with Crippen molar-refractivity contribution in [2.24, 2.45) is 0 Å². The third-order valence-electron chi connectivity index (χ3n) is 3.37. The molecule has 1 aliphatic rings. The summed E-state index contributed by atoms with van der Waals surface area (Å²) in [5.41, 5.74) is -0.356. The molecule has 0 atom stereocenters. The summed E-state index contributed by atoms with van der Waals surface area (Å²) in [5, 5.41) is 0. The second-order valence-corrected chi connectivity index (χ2v) is 4.71. The van der Waals surface area contributed by atoms with E-state index < -0.39 is 5.54 Å². The fourth-order valence-corrected chi connectivity index (χ4v) is 1.92. The van der Waals surface area contributed by atoms with Crippen LogP contribution in [-0.4, -0.2) is 36.5 Å². The highest BCUT2D eigenvalue weighted by Crippen LogP contribution is 2.35. The molecule has 0 saturated carbocycles. The average molecular weight is 248 g/mol. The van der Waals surface area contributed by atoms with E-state index in [1.807, 2.05) is 0 Å². The van der Waals surface area contributed by atoms with E-state index in [0.717, 1.165) is 0 Å². The summed E-state index contributed by atoms with van der Waals surface area (Å²) in [6, 6.07) is 6.64. The van der Waals surface area contributed by atoms with Crippen molar-refractivity contribution in [3.63, 3.8) is 0 Å². The molecule has 0 aromatic heterocycles. The minimum absolute atomic E-state index is 0.250. The molecule has 1 aromatic rings. The van der Waals surface area contributed by atoms with Crippen LogP contribution in [0.4, 0.5) is 10.5 Å². The molecular formula is C13H16N2O3. The molecule has 0 radical (unpaired) electrons. The molecule has 1 heterocycles. The Balaban J connectivity index is 2.52. The van der Waals surface area contributed by atoms with Crippen LogP contribution in [0.2, 0.25) is 0 Å². The van der Waals surface area contributed by atoms with Crippen LogP contribution in [0.1, 0.15) is 13.8 Å². The van der Waals surface area contributed by atoms with Crippen LogP contribution in [0.15, 0.2) is 24.3 Å². The quantitative estimate of drug-likeness (QED) is 0.751. The Morgan fingerprint density at radius 1 is 1.17 bits per heavy atom. The van der Waals surface area contributed by atoms with E-state index in [9.17, 15) is 9.59 Å². The Morgan fingerprint density at radius 2 is 1.78 bits per heavy atom. The van der Waals surface area contributed by atoms with Crippen LogP contribution in [0.3, 0.4) is 0 Å². The lowest BCUT2D eigenvalue weighted by Gasteiger charge is -2.22. The number of para-hydroxylation sites is 2. The van der Waals surface area contributed by atoms with Gasteiger partial charge in [0.15, 0.2) is 0 Å². The smallest absolute Gasteiger partial charge is 0.332 e. The number of methoxy groups -OCH3 is 1. The number of hydrogen-bond donors (Lipinski definition) is 0. The molecule has 0 N–H and O–H groups in total. The number of imide groups is 1. The van der Waals surface area contributed by atoms with E-state index in [1.165, 1.54) is 16.9 Å². The number of anilines is 1. The van der Waals surface area contributed by atoms with Crippen molar-refractivity contribution in [2.45, 2.75) is 19.4 Å². The topological polar surface area (TPSA) is 49.9 Å². The maximum absolute atomic E-state index is 12.3. The maximum atomic E-state index is 12.3. The van der Waals surface area contributed by atoms with Crippen molar-refractivity contribution in [1.29, 1.82) is 0 Å². The van der Waals surface area contributed by atoms with Crippen molar-refractivity contribution in [1.82, 2.24) is 4.90 Å². The molecule has 5 heteroatoms. The fraction of sp³-hybridized carbons (Fsp3) is 0.385. The number of carbonyl (C=O) groups is 2. The highest BCUT2D eigenvalue weighted by atomic mass is 16.5. The van der Waals surface area contributed by atoms with Gasteiger partial charge in [0.2, 0.25) is 0 Å². The summed E-state index contributed by atoms with van der Waals surface area (Å²) in [6.45, 7) is 3.45. The Bertz CT molecular complexity index is 511. The lowest BCUT2D eigenvalue weighted by molar-refractivity contribution is -0.123. The van der Waals surface area contributed by atoms with Crippen molar-refractivity contribution < 1.29 is 14.3 Å². The van der Waals surface area contributed by atoms with E-state index in [2.05, 4.69) is 0 Å². The first-order chi connectivity index (χ1) is 8.41. The Hall–Kier alpha value is -2.04. The number of likely N-dealkylation sites (N-methyl/N-ethyl adjacent to an activating group) is 1. The first-order valence-electron chi connectivity index (χ1n) is 5.66. The predicted octanol–water partition coefficient (Wildman–Crippen LogP) is 1.87. The molecule has 18 heavy (non-hydrogen) atoms. The number of hydrogen-bond acceptors (Lipinski definition) is 3. The molecule has 0 aliphatic carbocycles. The number of benzene rings is 1. The lowest BCUT2D eigenvalue weighted by Crippen LogP contribution is -2.41. The summed E-state index contributed by atoms with van der Waals surface area (Å²) in [5.74, 6) is 0.254. The Labute approximate surface area is 106 Å². The van der Waals surface area contributed by atoms with E-state index >= 15 is 0 Å². The summed E-state index contributed by atoms with van der Waals surface area (Å²) in [4.78, 5) is 27.1. The van der Waals surface area contributed by atoms with Crippen molar-refractivity contribution in [3.05, 3.63) is 24.3 Å². The third-order valence-corrected chi connectivity index (χ3v) is 3.37. The van der Waals surface area contributed by atoms with Gasteiger partial charge in [0.05, 0.1) is 12.8 Å². The van der Waals surface area contributed by atoms with Gasteiger partial charge in [-0.15, -0.1) is 0 Å². The molecule has 1 fully saturated rings. The molecule has 1 saturated heterocycles.